The maximum atomic E-state index is 12.9. The number of ether oxygens (including phenoxy) is 1. The number of nitrogens with one attached hydrogen (secondary N) is 1. The summed E-state index contributed by atoms with van der Waals surface area (Å²) in [6, 6.07) is 12.4. The summed E-state index contributed by atoms with van der Waals surface area (Å²) in [4.78, 5) is 30.2. The van der Waals surface area contributed by atoms with Gasteiger partial charge in [-0.1, -0.05) is 30.3 Å². The fourth-order valence-corrected chi connectivity index (χ4v) is 3.83. The third kappa shape index (κ3) is 4.69. The highest BCUT2D eigenvalue weighted by Crippen LogP contribution is 2.32. The van der Waals surface area contributed by atoms with Crippen LogP contribution in [-0.4, -0.2) is 34.9 Å². The minimum Gasteiger partial charge on any atom is -0.462 e. The van der Waals surface area contributed by atoms with Crippen LogP contribution in [0.5, 0.6) is 0 Å². The molecule has 1 aromatic heterocycles. The van der Waals surface area contributed by atoms with Crippen molar-refractivity contribution in [1.82, 2.24) is 9.88 Å². The maximum Gasteiger partial charge on any atom is 0.416 e. The molecule has 0 spiro atoms. The van der Waals surface area contributed by atoms with Crippen LogP contribution >= 0.6 is 0 Å². The number of esters is 1. The molecule has 3 aromatic rings. The lowest BCUT2D eigenvalue weighted by molar-refractivity contribution is -0.138. The first-order chi connectivity index (χ1) is 15.8. The molecule has 2 heterocycles. The van der Waals surface area contributed by atoms with E-state index >= 15 is 0 Å². The Labute approximate surface area is 188 Å². The van der Waals surface area contributed by atoms with Gasteiger partial charge >= 0.3 is 12.1 Å². The second kappa shape index (κ2) is 8.97. The summed E-state index contributed by atoms with van der Waals surface area (Å²) in [5.41, 5.74) is 2.07. The topological polar surface area (TPSA) is 62.4 Å². The van der Waals surface area contributed by atoms with Gasteiger partial charge in [0.1, 0.15) is 0 Å². The van der Waals surface area contributed by atoms with Crippen molar-refractivity contribution in [2.24, 2.45) is 0 Å². The van der Waals surface area contributed by atoms with Gasteiger partial charge in [0.05, 0.1) is 23.4 Å². The van der Waals surface area contributed by atoms with E-state index in [0.717, 1.165) is 28.6 Å². The molecule has 0 atom stereocenters. The average molecular weight is 454 g/mol. The number of fused-ring (bicyclic) bond motifs is 3. The number of aromatic amines is 1. The Hall–Kier alpha value is -3.81. The zero-order valence-electron chi connectivity index (χ0n) is 17.8. The Balaban J connectivity index is 1.65. The fraction of sp³-hybridized carbons (Fsp3) is 0.200. The summed E-state index contributed by atoms with van der Waals surface area (Å²) in [5, 5.41) is 0.955. The summed E-state index contributed by atoms with van der Waals surface area (Å²) in [7, 11) is 0. The number of carbonyl (C=O) groups is 2. The fourth-order valence-electron chi connectivity index (χ4n) is 3.83. The summed E-state index contributed by atoms with van der Waals surface area (Å²) in [5.74, 6) is -1.02. The molecule has 1 N–H and O–H groups in total. The number of para-hydroxylation sites is 1. The first kappa shape index (κ1) is 22.4. The van der Waals surface area contributed by atoms with Gasteiger partial charge in [-0.15, -0.1) is 0 Å². The monoisotopic (exact) mass is 454 g/mol. The van der Waals surface area contributed by atoms with Crippen LogP contribution in [0.15, 0.2) is 60.8 Å². The second-order valence-electron chi connectivity index (χ2n) is 7.53. The van der Waals surface area contributed by atoms with Crippen molar-refractivity contribution < 1.29 is 27.5 Å². The molecule has 1 amide bonds. The van der Waals surface area contributed by atoms with Crippen LogP contribution in [0, 0.1) is 0 Å². The summed E-state index contributed by atoms with van der Waals surface area (Å²) >= 11 is 0. The van der Waals surface area contributed by atoms with Gasteiger partial charge in [0.25, 0.3) is 5.91 Å². The van der Waals surface area contributed by atoms with Gasteiger partial charge in [0.15, 0.2) is 0 Å². The van der Waals surface area contributed by atoms with Crippen LogP contribution in [0.4, 0.5) is 13.2 Å². The first-order valence-electron chi connectivity index (χ1n) is 10.4. The van der Waals surface area contributed by atoms with Crippen LogP contribution in [0.25, 0.3) is 22.6 Å². The Morgan fingerprint density at radius 1 is 1.15 bits per heavy atom. The van der Waals surface area contributed by atoms with Gasteiger partial charge in [-0.05, 0) is 48.7 Å². The van der Waals surface area contributed by atoms with E-state index in [-0.39, 0.29) is 17.7 Å². The lowest BCUT2D eigenvalue weighted by Gasteiger charge is -2.15. The zero-order chi connectivity index (χ0) is 23.6. The Morgan fingerprint density at radius 3 is 2.70 bits per heavy atom. The summed E-state index contributed by atoms with van der Waals surface area (Å²) in [6.07, 6.45) is -0.00701. The van der Waals surface area contributed by atoms with E-state index in [1.54, 1.807) is 6.92 Å². The minimum atomic E-state index is -4.47. The van der Waals surface area contributed by atoms with Gasteiger partial charge in [0, 0.05) is 29.7 Å². The van der Waals surface area contributed by atoms with E-state index < -0.39 is 23.6 Å². The molecule has 0 saturated heterocycles. The number of benzene rings is 2. The average Bonchev–Trinajstić information content (AvgIpc) is 3.04. The molecule has 5 nitrogen and oxygen atoms in total. The summed E-state index contributed by atoms with van der Waals surface area (Å²) in [6.45, 7) is 2.17. The van der Waals surface area contributed by atoms with Crippen molar-refractivity contribution in [1.29, 1.82) is 0 Å². The van der Waals surface area contributed by atoms with Crippen LogP contribution in [-0.2, 0) is 26.9 Å². The van der Waals surface area contributed by atoms with Crippen molar-refractivity contribution in [2.75, 3.05) is 13.2 Å². The number of amides is 1. The predicted molar refractivity (Wildman–Crippen MR) is 119 cm³/mol. The minimum absolute atomic E-state index is 0.176. The van der Waals surface area contributed by atoms with E-state index in [1.165, 1.54) is 35.4 Å². The van der Waals surface area contributed by atoms with Crippen LogP contribution in [0.3, 0.4) is 0 Å². The van der Waals surface area contributed by atoms with E-state index in [0.29, 0.717) is 18.7 Å². The molecule has 0 bridgehead atoms. The van der Waals surface area contributed by atoms with E-state index in [2.05, 4.69) is 4.98 Å². The molecule has 1 aliphatic rings. The molecule has 1 aliphatic heterocycles. The molecule has 0 fully saturated rings. The van der Waals surface area contributed by atoms with Gasteiger partial charge in [-0.25, -0.2) is 4.79 Å². The van der Waals surface area contributed by atoms with E-state index in [4.69, 9.17) is 4.74 Å². The highest BCUT2D eigenvalue weighted by molar-refractivity contribution is 6.18. The lowest BCUT2D eigenvalue weighted by Crippen LogP contribution is -2.26. The molecule has 4 rings (SSSR count). The van der Waals surface area contributed by atoms with E-state index in [9.17, 15) is 22.8 Å². The van der Waals surface area contributed by atoms with Crippen molar-refractivity contribution in [3.63, 3.8) is 0 Å². The molecule has 170 valence electrons. The number of carbonyl (C=O) groups excluding carboxylic acids is 2. The molecule has 0 aliphatic carbocycles. The number of hydrogen-bond acceptors (Lipinski definition) is 3. The molecular formula is C25H21F3N2O3. The molecule has 0 radical (unpaired) electrons. The number of alkyl halides is 3. The number of nitrogens with zero attached hydrogens (tertiary/aromatic N) is 1. The van der Waals surface area contributed by atoms with Gasteiger partial charge in [-0.3, -0.25) is 4.79 Å². The Kier molecular flexibility index (Phi) is 6.09. The molecule has 0 unspecified atom stereocenters. The van der Waals surface area contributed by atoms with Gasteiger partial charge in [0.2, 0.25) is 0 Å². The van der Waals surface area contributed by atoms with Gasteiger partial charge < -0.3 is 14.6 Å². The molecule has 8 heteroatoms. The smallest absolute Gasteiger partial charge is 0.416 e. The van der Waals surface area contributed by atoms with Crippen molar-refractivity contribution in [3.8, 4) is 0 Å². The predicted octanol–water partition coefficient (Wildman–Crippen LogP) is 5.19. The lowest BCUT2D eigenvalue weighted by atomic mass is 10.0. The van der Waals surface area contributed by atoms with Crippen molar-refractivity contribution in [2.45, 2.75) is 19.5 Å². The third-order valence-corrected chi connectivity index (χ3v) is 5.38. The largest absolute Gasteiger partial charge is 0.462 e. The molecular weight excluding hydrogens is 433 g/mol. The summed E-state index contributed by atoms with van der Waals surface area (Å²) < 4.78 is 44.0. The molecule has 33 heavy (non-hydrogen) atoms. The number of aromatic nitrogens is 1. The number of rotatable bonds is 4. The SMILES string of the molecule is CCOC(=O)C1=CN(C(=O)C=Cc2cccc(C(F)(F)F)c2)CCc2c1[nH]c1ccccc21. The molecule has 0 saturated carbocycles. The van der Waals surface area contributed by atoms with Crippen molar-refractivity contribution >= 4 is 34.4 Å². The zero-order valence-corrected chi connectivity index (χ0v) is 17.8. The normalized spacial score (nSPS) is 14.2. The number of hydrogen-bond donors (Lipinski definition) is 1. The van der Waals surface area contributed by atoms with Crippen LogP contribution < -0.4 is 0 Å². The molecule has 2 aromatic carbocycles. The second-order valence-corrected chi connectivity index (χ2v) is 7.53. The quantitative estimate of drug-likeness (QED) is 0.436. The van der Waals surface area contributed by atoms with Gasteiger partial charge in [-0.2, -0.15) is 13.2 Å². The van der Waals surface area contributed by atoms with E-state index in [1.807, 2.05) is 24.3 Å². The highest BCUT2D eigenvalue weighted by Gasteiger charge is 2.30. The highest BCUT2D eigenvalue weighted by atomic mass is 19.4. The van der Waals surface area contributed by atoms with Crippen LogP contribution in [0.2, 0.25) is 0 Å². The number of halogens is 3. The Bertz CT molecular complexity index is 1270. The van der Waals surface area contributed by atoms with Crippen LogP contribution in [0.1, 0.15) is 29.3 Å². The van der Waals surface area contributed by atoms with Crippen molar-refractivity contribution in [3.05, 3.63) is 83.2 Å². The first-order valence-corrected chi connectivity index (χ1v) is 10.4. The Morgan fingerprint density at radius 2 is 1.94 bits per heavy atom. The standard InChI is InChI=1S/C25H21F3N2O3/c1-2-33-24(32)20-15-30(13-12-19-18-8-3-4-9-21(18)29-23(19)20)22(31)11-10-16-6-5-7-17(14-16)25(26,27)28/h3-11,14-15,29H,2,12-13H2,1H3. The third-order valence-electron chi connectivity index (χ3n) is 5.38. The number of H-pyrrole nitrogens is 1. The maximum absolute atomic E-state index is 12.9.